The van der Waals surface area contributed by atoms with Crippen molar-refractivity contribution in [2.45, 2.75) is 26.0 Å². The Hall–Kier alpha value is -1.58. The number of aryl methyl sites for hydroxylation is 1. The van der Waals surface area contributed by atoms with Crippen LogP contribution in [-0.4, -0.2) is 42.7 Å². The largest absolute Gasteiger partial charge is 0.480 e. The molecule has 21 heavy (non-hydrogen) atoms. The first-order valence-electron chi connectivity index (χ1n) is 6.73. The van der Waals surface area contributed by atoms with Crippen molar-refractivity contribution in [1.82, 2.24) is 4.90 Å². The fourth-order valence-corrected chi connectivity index (χ4v) is 2.74. The van der Waals surface area contributed by atoms with Gasteiger partial charge in [-0.2, -0.15) is 5.26 Å². The normalized spacial score (nSPS) is 19.7. The predicted molar refractivity (Wildman–Crippen MR) is 80.9 cm³/mol. The van der Waals surface area contributed by atoms with Crippen LogP contribution in [0.15, 0.2) is 22.7 Å². The smallest absolute Gasteiger partial charge is 0.264 e. The van der Waals surface area contributed by atoms with Gasteiger partial charge in [0.15, 0.2) is 6.10 Å². The number of benzene rings is 1. The minimum absolute atomic E-state index is 0.197. The second-order valence-corrected chi connectivity index (χ2v) is 5.80. The third-order valence-corrected chi connectivity index (χ3v) is 3.92. The molecule has 1 saturated heterocycles. The van der Waals surface area contributed by atoms with E-state index in [1.54, 1.807) is 6.92 Å². The zero-order valence-corrected chi connectivity index (χ0v) is 13.6. The molecule has 1 heterocycles. The van der Waals surface area contributed by atoms with Gasteiger partial charge >= 0.3 is 0 Å². The Bertz CT molecular complexity index is 571. The van der Waals surface area contributed by atoms with Gasteiger partial charge in [0.05, 0.1) is 23.8 Å². The molecule has 0 aliphatic carbocycles. The number of nitriles is 1. The fraction of sp³-hybridized carbons (Fsp3) is 0.467. The van der Waals surface area contributed by atoms with E-state index in [4.69, 9.17) is 14.7 Å². The summed E-state index contributed by atoms with van der Waals surface area (Å²) in [6, 6.07) is 7.22. The molecule has 2 unspecified atom stereocenters. The van der Waals surface area contributed by atoms with Crippen molar-refractivity contribution in [1.29, 1.82) is 5.26 Å². The highest BCUT2D eigenvalue weighted by Gasteiger charge is 2.31. The zero-order valence-electron chi connectivity index (χ0n) is 12.0. The molecule has 0 bridgehead atoms. The molecular weight excluding hydrogens is 336 g/mol. The van der Waals surface area contributed by atoms with Crippen molar-refractivity contribution >= 4 is 21.8 Å². The summed E-state index contributed by atoms with van der Waals surface area (Å²) in [5.74, 6) is 0.417. The van der Waals surface area contributed by atoms with Crippen LogP contribution in [0, 0.1) is 18.3 Å². The van der Waals surface area contributed by atoms with Gasteiger partial charge in [-0.15, -0.1) is 0 Å². The van der Waals surface area contributed by atoms with Gasteiger partial charge in [0, 0.05) is 6.54 Å². The van der Waals surface area contributed by atoms with Crippen molar-refractivity contribution in [3.8, 4) is 11.8 Å². The van der Waals surface area contributed by atoms with E-state index in [2.05, 4.69) is 22.0 Å². The summed E-state index contributed by atoms with van der Waals surface area (Å²) in [6.07, 6.45) is -0.655. The Morgan fingerprint density at radius 3 is 3.05 bits per heavy atom. The van der Waals surface area contributed by atoms with Crippen molar-refractivity contribution in [2.24, 2.45) is 0 Å². The van der Waals surface area contributed by atoms with E-state index in [-0.39, 0.29) is 12.5 Å². The van der Waals surface area contributed by atoms with E-state index >= 15 is 0 Å². The topological polar surface area (TPSA) is 62.6 Å². The first kappa shape index (κ1) is 15.8. The number of rotatable bonds is 3. The summed E-state index contributed by atoms with van der Waals surface area (Å²) in [7, 11) is 0. The highest BCUT2D eigenvalue weighted by atomic mass is 79.9. The molecule has 0 radical (unpaired) electrons. The van der Waals surface area contributed by atoms with Crippen molar-refractivity contribution < 1.29 is 14.3 Å². The van der Waals surface area contributed by atoms with E-state index in [9.17, 15) is 4.79 Å². The molecule has 1 aliphatic rings. The molecule has 1 aliphatic heterocycles. The summed E-state index contributed by atoms with van der Waals surface area (Å²) >= 11 is 3.42. The summed E-state index contributed by atoms with van der Waals surface area (Å²) < 4.78 is 11.7. The third-order valence-electron chi connectivity index (χ3n) is 3.30. The van der Waals surface area contributed by atoms with Crippen LogP contribution in [0.25, 0.3) is 0 Å². The third kappa shape index (κ3) is 3.74. The number of amides is 1. The van der Waals surface area contributed by atoms with Crippen LogP contribution >= 0.6 is 15.9 Å². The molecule has 1 amide bonds. The summed E-state index contributed by atoms with van der Waals surface area (Å²) in [5.41, 5.74) is 1.10. The van der Waals surface area contributed by atoms with Crippen LogP contribution in [0.5, 0.6) is 5.75 Å². The van der Waals surface area contributed by atoms with Gasteiger partial charge in [0.2, 0.25) is 0 Å². The molecule has 2 atom stereocenters. The minimum Gasteiger partial charge on any atom is -0.480 e. The zero-order chi connectivity index (χ0) is 15.4. The quantitative estimate of drug-likeness (QED) is 0.837. The van der Waals surface area contributed by atoms with Gasteiger partial charge in [-0.1, -0.05) is 6.07 Å². The Morgan fingerprint density at radius 1 is 1.62 bits per heavy atom. The van der Waals surface area contributed by atoms with E-state index in [1.807, 2.05) is 25.1 Å². The van der Waals surface area contributed by atoms with Gasteiger partial charge in [-0.05, 0) is 47.5 Å². The van der Waals surface area contributed by atoms with Crippen LogP contribution < -0.4 is 4.74 Å². The molecule has 0 N–H and O–H groups in total. The van der Waals surface area contributed by atoms with Gasteiger partial charge in [-0.25, -0.2) is 0 Å². The summed E-state index contributed by atoms with van der Waals surface area (Å²) in [4.78, 5) is 14.0. The van der Waals surface area contributed by atoms with Crippen molar-refractivity contribution in [2.75, 3.05) is 19.8 Å². The van der Waals surface area contributed by atoms with Gasteiger partial charge in [0.25, 0.3) is 5.91 Å². The standard InChI is InChI=1S/C15H17BrN2O3/c1-10-3-4-14(13(16)7-10)21-11(2)15(19)18-5-6-20-9-12(18)8-17/h3-4,7,11-12H,5-6,9H2,1-2H3. The van der Waals surface area contributed by atoms with Crippen molar-refractivity contribution in [3.63, 3.8) is 0 Å². The van der Waals surface area contributed by atoms with Crippen LogP contribution in [0.1, 0.15) is 12.5 Å². The lowest BCUT2D eigenvalue weighted by molar-refractivity contribution is -0.144. The van der Waals surface area contributed by atoms with Crippen LogP contribution in [-0.2, 0) is 9.53 Å². The second-order valence-electron chi connectivity index (χ2n) is 4.95. The Kier molecular flexibility index (Phi) is 5.21. The van der Waals surface area contributed by atoms with Crippen LogP contribution in [0.3, 0.4) is 0 Å². The average molecular weight is 353 g/mol. The number of morpholine rings is 1. The number of halogens is 1. The van der Waals surface area contributed by atoms with Gasteiger partial charge in [-0.3, -0.25) is 4.79 Å². The second kappa shape index (κ2) is 6.92. The molecule has 0 aromatic heterocycles. The van der Waals surface area contributed by atoms with Gasteiger partial charge in [0.1, 0.15) is 11.8 Å². The summed E-state index contributed by atoms with van der Waals surface area (Å²) in [5, 5.41) is 9.08. The number of hydrogen-bond donors (Lipinski definition) is 0. The molecule has 1 aromatic carbocycles. The molecular formula is C15H17BrN2O3. The van der Waals surface area contributed by atoms with E-state index in [0.717, 1.165) is 10.0 Å². The lowest BCUT2D eigenvalue weighted by Crippen LogP contribution is -2.52. The summed E-state index contributed by atoms with van der Waals surface area (Å²) in [6.45, 7) is 4.79. The first-order valence-corrected chi connectivity index (χ1v) is 7.53. The van der Waals surface area contributed by atoms with E-state index in [0.29, 0.717) is 18.9 Å². The lowest BCUT2D eigenvalue weighted by atomic mass is 10.2. The maximum absolute atomic E-state index is 12.4. The number of carbonyl (C=O) groups excluding carboxylic acids is 1. The first-order chi connectivity index (χ1) is 10.0. The monoisotopic (exact) mass is 352 g/mol. The van der Waals surface area contributed by atoms with Crippen LogP contribution in [0.2, 0.25) is 0 Å². The SMILES string of the molecule is Cc1ccc(OC(C)C(=O)N2CCOCC2C#N)c(Br)c1. The Balaban J connectivity index is 2.07. The highest BCUT2D eigenvalue weighted by molar-refractivity contribution is 9.10. The number of hydrogen-bond acceptors (Lipinski definition) is 4. The van der Waals surface area contributed by atoms with E-state index in [1.165, 1.54) is 4.90 Å². The molecule has 0 saturated carbocycles. The van der Waals surface area contributed by atoms with Crippen LogP contribution in [0.4, 0.5) is 0 Å². The Morgan fingerprint density at radius 2 is 2.38 bits per heavy atom. The maximum atomic E-state index is 12.4. The molecule has 112 valence electrons. The maximum Gasteiger partial charge on any atom is 0.264 e. The fourth-order valence-electron chi connectivity index (χ4n) is 2.15. The molecule has 1 fully saturated rings. The minimum atomic E-state index is -0.655. The van der Waals surface area contributed by atoms with Gasteiger partial charge < -0.3 is 14.4 Å². The number of nitrogens with zero attached hydrogens (tertiary/aromatic N) is 2. The lowest BCUT2D eigenvalue weighted by Gasteiger charge is -2.33. The molecule has 1 aromatic rings. The molecule has 0 spiro atoms. The van der Waals surface area contributed by atoms with Crippen molar-refractivity contribution in [3.05, 3.63) is 28.2 Å². The molecule has 5 nitrogen and oxygen atoms in total. The highest BCUT2D eigenvalue weighted by Crippen LogP contribution is 2.27. The van der Waals surface area contributed by atoms with E-state index < -0.39 is 12.1 Å². The molecule has 6 heteroatoms. The predicted octanol–water partition coefficient (Wildman–Crippen LogP) is 2.28. The number of ether oxygens (including phenoxy) is 2. The average Bonchev–Trinajstić information content (AvgIpc) is 2.49. The molecule has 2 rings (SSSR count). The Labute approximate surface area is 132 Å². The number of carbonyl (C=O) groups is 1.